The van der Waals surface area contributed by atoms with Crippen LogP contribution in [0.4, 0.5) is 11.4 Å². The lowest BCUT2D eigenvalue weighted by Crippen LogP contribution is -2.38. The Kier molecular flexibility index (Phi) is 9.47. The lowest BCUT2D eigenvalue weighted by atomic mass is 9.88. The van der Waals surface area contributed by atoms with Gasteiger partial charge in [-0.1, -0.05) is 38.1 Å². The van der Waals surface area contributed by atoms with E-state index in [9.17, 15) is 9.59 Å². The number of amides is 2. The van der Waals surface area contributed by atoms with Crippen molar-refractivity contribution in [3.05, 3.63) is 95.6 Å². The first-order chi connectivity index (χ1) is 21.1. The number of nitrogens with zero attached hydrogens (tertiary/aromatic N) is 5. The number of aromatic nitrogens is 3. The van der Waals surface area contributed by atoms with Crippen LogP contribution in [-0.4, -0.2) is 57.7 Å². The van der Waals surface area contributed by atoms with E-state index >= 15 is 0 Å². The molecule has 0 atom stereocenters. The predicted octanol–water partition coefficient (Wildman–Crippen LogP) is 6.80. The topological polar surface area (TPSA) is 83.4 Å². The van der Waals surface area contributed by atoms with Crippen molar-refractivity contribution in [2.45, 2.75) is 58.9 Å². The quantitative estimate of drug-likeness (QED) is 0.231. The van der Waals surface area contributed by atoms with E-state index in [1.54, 1.807) is 6.20 Å². The third kappa shape index (κ3) is 7.18. The molecule has 2 aromatic heterocycles. The Labute approximate surface area is 261 Å². The molecule has 1 fully saturated rings. The molecule has 0 radical (unpaired) electrons. The van der Waals surface area contributed by atoms with Crippen molar-refractivity contribution in [1.29, 1.82) is 0 Å². The molecule has 1 saturated heterocycles. The van der Waals surface area contributed by atoms with Gasteiger partial charge in [0.05, 0.1) is 23.1 Å². The van der Waals surface area contributed by atoms with Gasteiger partial charge in [-0.2, -0.15) is 5.10 Å². The number of carbonyl (C=O) groups is 2. The largest absolute Gasteiger partial charge is 0.370 e. The Bertz CT molecular complexity index is 1580. The third-order valence-electron chi connectivity index (χ3n) is 8.55. The summed E-state index contributed by atoms with van der Waals surface area (Å²) in [4.78, 5) is 35.5. The standard InChI is InChI=1S/C36H44N6O2/c1-24(2)19-32-13-11-30(21-37-32)35(43)39-33-20-29(12-14-34(33)41(6)25(3)4)36(44)42-17-15-28(16-18-42)26-7-9-27(10-8-26)31-22-38-40(5)23-31/h7-14,20-25,28H,15-19H2,1-6H3,(H,39,43). The van der Waals surface area contributed by atoms with E-state index in [1.165, 1.54) is 5.56 Å². The normalized spacial score (nSPS) is 13.9. The van der Waals surface area contributed by atoms with Gasteiger partial charge < -0.3 is 15.1 Å². The number of hydrogen-bond donors (Lipinski definition) is 1. The summed E-state index contributed by atoms with van der Waals surface area (Å²) in [7, 11) is 3.92. The van der Waals surface area contributed by atoms with Crippen molar-refractivity contribution in [3.8, 4) is 11.1 Å². The van der Waals surface area contributed by atoms with Crippen molar-refractivity contribution in [1.82, 2.24) is 19.7 Å². The molecule has 1 aliphatic rings. The highest BCUT2D eigenvalue weighted by atomic mass is 16.2. The molecule has 0 spiro atoms. The molecule has 0 unspecified atom stereocenters. The monoisotopic (exact) mass is 592 g/mol. The molecular formula is C36H44N6O2. The minimum absolute atomic E-state index is 0.00988. The lowest BCUT2D eigenvalue weighted by molar-refractivity contribution is 0.0712. The molecule has 1 aliphatic heterocycles. The van der Waals surface area contributed by atoms with Crippen molar-refractivity contribution in [2.24, 2.45) is 13.0 Å². The maximum Gasteiger partial charge on any atom is 0.257 e. The Morgan fingerprint density at radius 1 is 0.932 bits per heavy atom. The summed E-state index contributed by atoms with van der Waals surface area (Å²) in [6.07, 6.45) is 8.22. The van der Waals surface area contributed by atoms with Gasteiger partial charge in [-0.3, -0.25) is 19.3 Å². The zero-order valence-electron chi connectivity index (χ0n) is 26.7. The van der Waals surface area contributed by atoms with Gasteiger partial charge in [0.25, 0.3) is 11.8 Å². The first kappa shape index (κ1) is 31.0. The number of pyridine rings is 1. The van der Waals surface area contributed by atoms with Crippen LogP contribution in [0.25, 0.3) is 11.1 Å². The van der Waals surface area contributed by atoms with Gasteiger partial charge in [0.15, 0.2) is 0 Å². The van der Waals surface area contributed by atoms with E-state index in [0.717, 1.165) is 41.8 Å². The van der Waals surface area contributed by atoms with Crippen LogP contribution in [0.15, 0.2) is 73.2 Å². The first-order valence-electron chi connectivity index (χ1n) is 15.6. The molecule has 8 nitrogen and oxygen atoms in total. The molecule has 0 bridgehead atoms. The van der Waals surface area contributed by atoms with Gasteiger partial charge in [0, 0.05) is 62.4 Å². The molecule has 2 aromatic carbocycles. The fraction of sp³-hybridized carbons (Fsp3) is 0.389. The van der Waals surface area contributed by atoms with Crippen LogP contribution in [0.1, 0.15) is 78.4 Å². The van der Waals surface area contributed by atoms with Crippen molar-refractivity contribution in [3.63, 3.8) is 0 Å². The molecule has 44 heavy (non-hydrogen) atoms. The van der Waals surface area contributed by atoms with E-state index in [1.807, 2.05) is 66.4 Å². The summed E-state index contributed by atoms with van der Waals surface area (Å²) in [5.74, 6) is 0.655. The Hall–Kier alpha value is -4.46. The minimum atomic E-state index is -0.244. The summed E-state index contributed by atoms with van der Waals surface area (Å²) in [6, 6.07) is 18.3. The highest BCUT2D eigenvalue weighted by Crippen LogP contribution is 2.32. The van der Waals surface area contributed by atoms with E-state index < -0.39 is 0 Å². The predicted molar refractivity (Wildman–Crippen MR) is 177 cm³/mol. The number of piperidine rings is 1. The zero-order chi connectivity index (χ0) is 31.4. The fourth-order valence-electron chi connectivity index (χ4n) is 5.76. The second-order valence-corrected chi connectivity index (χ2v) is 12.6. The van der Waals surface area contributed by atoms with Gasteiger partial charge in [0.1, 0.15) is 0 Å². The number of likely N-dealkylation sites (tertiary alicyclic amines) is 1. The number of aryl methyl sites for hydroxylation is 1. The maximum absolute atomic E-state index is 13.7. The lowest BCUT2D eigenvalue weighted by Gasteiger charge is -2.33. The summed E-state index contributed by atoms with van der Waals surface area (Å²) < 4.78 is 1.81. The highest BCUT2D eigenvalue weighted by molar-refractivity contribution is 6.07. The molecular weight excluding hydrogens is 548 g/mol. The average molecular weight is 593 g/mol. The van der Waals surface area contributed by atoms with Crippen LogP contribution < -0.4 is 10.2 Å². The van der Waals surface area contributed by atoms with Crippen molar-refractivity contribution < 1.29 is 9.59 Å². The number of carbonyl (C=O) groups excluding carboxylic acids is 2. The Balaban J connectivity index is 1.27. The van der Waals surface area contributed by atoms with Crippen LogP contribution in [0.2, 0.25) is 0 Å². The second-order valence-electron chi connectivity index (χ2n) is 12.6. The van der Waals surface area contributed by atoms with E-state index in [4.69, 9.17) is 0 Å². The Morgan fingerprint density at radius 3 is 2.23 bits per heavy atom. The van der Waals surface area contributed by atoms with Crippen molar-refractivity contribution in [2.75, 3.05) is 30.4 Å². The molecule has 3 heterocycles. The molecule has 230 valence electrons. The summed E-state index contributed by atoms with van der Waals surface area (Å²) in [5.41, 5.74) is 7.08. The molecule has 5 rings (SSSR count). The average Bonchev–Trinajstić information content (AvgIpc) is 3.46. The number of benzene rings is 2. The highest BCUT2D eigenvalue weighted by Gasteiger charge is 2.26. The molecule has 1 N–H and O–H groups in total. The summed E-state index contributed by atoms with van der Waals surface area (Å²) in [6.45, 7) is 9.87. The van der Waals surface area contributed by atoms with Gasteiger partial charge in [-0.15, -0.1) is 0 Å². The molecule has 4 aromatic rings. The van der Waals surface area contributed by atoms with Crippen LogP contribution in [0, 0.1) is 5.92 Å². The zero-order valence-corrected chi connectivity index (χ0v) is 26.7. The number of anilines is 2. The van der Waals surface area contributed by atoms with Crippen LogP contribution >= 0.6 is 0 Å². The van der Waals surface area contributed by atoms with Crippen molar-refractivity contribution >= 4 is 23.2 Å². The van der Waals surface area contributed by atoms with E-state index in [0.29, 0.717) is 41.7 Å². The van der Waals surface area contributed by atoms with Gasteiger partial charge >= 0.3 is 0 Å². The number of hydrogen-bond acceptors (Lipinski definition) is 5. The van der Waals surface area contributed by atoms with Gasteiger partial charge in [-0.05, 0) is 86.4 Å². The molecule has 0 saturated carbocycles. The number of nitrogens with one attached hydrogen (secondary N) is 1. The first-order valence-corrected chi connectivity index (χ1v) is 15.6. The maximum atomic E-state index is 13.7. The van der Waals surface area contributed by atoms with Gasteiger partial charge in [-0.25, -0.2) is 0 Å². The van der Waals surface area contributed by atoms with Gasteiger partial charge in [0.2, 0.25) is 0 Å². The molecule has 8 heteroatoms. The van der Waals surface area contributed by atoms with E-state index in [2.05, 4.69) is 72.3 Å². The third-order valence-corrected chi connectivity index (χ3v) is 8.55. The smallest absolute Gasteiger partial charge is 0.257 e. The molecule has 0 aliphatic carbocycles. The summed E-state index contributed by atoms with van der Waals surface area (Å²) in [5, 5.41) is 7.34. The van der Waals surface area contributed by atoms with Crippen LogP contribution in [0.5, 0.6) is 0 Å². The van der Waals surface area contributed by atoms with E-state index in [-0.39, 0.29) is 17.9 Å². The fourth-order valence-corrected chi connectivity index (χ4v) is 5.76. The van der Waals surface area contributed by atoms with Crippen LogP contribution in [0.3, 0.4) is 0 Å². The minimum Gasteiger partial charge on any atom is -0.370 e. The summed E-state index contributed by atoms with van der Waals surface area (Å²) >= 11 is 0. The SMILES string of the molecule is CC(C)Cc1ccc(C(=O)Nc2cc(C(=O)N3CCC(c4ccc(-c5cnn(C)c5)cc4)CC3)ccc2N(C)C(C)C)cn1. The Morgan fingerprint density at radius 2 is 1.64 bits per heavy atom. The molecule has 2 amide bonds. The number of rotatable bonds is 9. The van der Waals surface area contributed by atoms with Crippen LogP contribution in [-0.2, 0) is 13.5 Å². The second kappa shape index (κ2) is 13.5.